The molecule has 1 rings (SSSR count). The number of nitrogens with one attached hydrogen (secondary N) is 3. The average Bonchev–Trinajstić information content (AvgIpc) is 2.83. The van der Waals surface area contributed by atoms with Crippen molar-refractivity contribution in [3.05, 3.63) is 0 Å². The van der Waals surface area contributed by atoms with E-state index in [1.165, 1.54) is 11.8 Å². The van der Waals surface area contributed by atoms with Crippen LogP contribution in [0.5, 0.6) is 0 Å². The molecule has 2 amide bonds. The molecule has 8 N–H and O–H groups in total. The topological polar surface area (TPSA) is 178 Å². The molecule has 1 heterocycles. The number of carbonyl (C=O) groups is 2. The monoisotopic (exact) mass is 505 g/mol. The number of hydrogen-bond acceptors (Lipinski definition) is 8. The summed E-state index contributed by atoms with van der Waals surface area (Å²) in [6.07, 6.45) is 5.81. The van der Waals surface area contributed by atoms with Crippen molar-refractivity contribution >= 4 is 23.6 Å². The van der Waals surface area contributed by atoms with Crippen LogP contribution in [0, 0.1) is 0 Å². The summed E-state index contributed by atoms with van der Waals surface area (Å²) in [5.74, 6) is 0.896. The lowest BCUT2D eigenvalue weighted by Gasteiger charge is -2.40. The lowest BCUT2D eigenvalue weighted by Crippen LogP contribution is -2.60. The second-order valence-corrected chi connectivity index (χ2v) is 9.99. The predicted octanol–water partition coefficient (Wildman–Crippen LogP) is 0.292. The summed E-state index contributed by atoms with van der Waals surface area (Å²) in [5, 5.41) is 34.9. The number of aliphatic hydroxyl groups is 3. The van der Waals surface area contributed by atoms with Crippen LogP contribution in [0.15, 0.2) is 0 Å². The number of thioether (sulfide) groups is 1. The second-order valence-electron chi connectivity index (χ2n) is 8.79. The number of nitrogens with two attached hydrogens (primary N) is 1. The minimum atomic E-state index is -1.18. The van der Waals surface area contributed by atoms with E-state index in [4.69, 9.17) is 16.2 Å². The van der Waals surface area contributed by atoms with E-state index in [0.717, 1.165) is 63.5 Å². The molecule has 1 radical (unpaired) electrons. The number of amides is 2. The van der Waals surface area contributed by atoms with Crippen molar-refractivity contribution in [2.24, 2.45) is 5.73 Å². The fourth-order valence-electron chi connectivity index (χ4n) is 3.66. The van der Waals surface area contributed by atoms with Crippen LogP contribution in [-0.2, 0) is 14.3 Å². The SMILES string of the molecule is [NH]CCCCCC(=O)NCCCCCC(=O)NCCCCCS[C@@H]1OC(CO)[C@H](O)C(O)C1N. The number of rotatable bonds is 19. The van der Waals surface area contributed by atoms with Crippen LogP contribution in [0.3, 0.4) is 0 Å². The summed E-state index contributed by atoms with van der Waals surface area (Å²) in [6.45, 7) is 1.34. The third kappa shape index (κ3) is 13.2. The van der Waals surface area contributed by atoms with Gasteiger partial charge in [-0.2, -0.15) is 0 Å². The summed E-state index contributed by atoms with van der Waals surface area (Å²) >= 11 is 1.47. The van der Waals surface area contributed by atoms with E-state index in [9.17, 15) is 24.9 Å². The molecule has 0 saturated carbocycles. The highest BCUT2D eigenvalue weighted by Crippen LogP contribution is 2.28. The van der Waals surface area contributed by atoms with Gasteiger partial charge in [-0.15, -0.1) is 11.8 Å². The van der Waals surface area contributed by atoms with Crippen molar-refractivity contribution < 1.29 is 29.6 Å². The van der Waals surface area contributed by atoms with Crippen molar-refractivity contribution in [3.63, 3.8) is 0 Å². The van der Waals surface area contributed by atoms with Gasteiger partial charge in [0.1, 0.15) is 23.7 Å². The van der Waals surface area contributed by atoms with Crippen LogP contribution in [0.4, 0.5) is 0 Å². The molecule has 5 atom stereocenters. The summed E-state index contributed by atoms with van der Waals surface area (Å²) < 4.78 is 5.58. The van der Waals surface area contributed by atoms with Gasteiger partial charge in [0.05, 0.1) is 12.6 Å². The van der Waals surface area contributed by atoms with Gasteiger partial charge >= 0.3 is 0 Å². The van der Waals surface area contributed by atoms with Crippen LogP contribution in [-0.4, -0.2) is 88.9 Å². The van der Waals surface area contributed by atoms with Crippen LogP contribution >= 0.6 is 11.8 Å². The fraction of sp³-hybridized carbons (Fsp3) is 0.913. The van der Waals surface area contributed by atoms with Gasteiger partial charge in [-0.25, -0.2) is 0 Å². The molecule has 3 unspecified atom stereocenters. The van der Waals surface area contributed by atoms with E-state index < -0.39 is 29.8 Å². The van der Waals surface area contributed by atoms with Crippen molar-refractivity contribution in [2.45, 2.75) is 100 Å². The molecule has 199 valence electrons. The Morgan fingerprint density at radius 2 is 1.41 bits per heavy atom. The molecular weight excluding hydrogens is 460 g/mol. The van der Waals surface area contributed by atoms with Gasteiger partial charge in [-0.3, -0.25) is 15.3 Å². The van der Waals surface area contributed by atoms with Gasteiger partial charge < -0.3 is 36.4 Å². The zero-order valence-corrected chi connectivity index (χ0v) is 21.1. The first-order valence-corrected chi connectivity index (χ1v) is 13.6. The average molecular weight is 506 g/mol. The quantitative estimate of drug-likeness (QED) is 0.136. The Labute approximate surface area is 207 Å². The number of ether oxygens (including phenoxy) is 1. The highest BCUT2D eigenvalue weighted by molar-refractivity contribution is 7.99. The lowest BCUT2D eigenvalue weighted by molar-refractivity contribution is -0.165. The molecule has 0 spiro atoms. The Kier molecular flexibility index (Phi) is 17.6. The minimum Gasteiger partial charge on any atom is -0.394 e. The van der Waals surface area contributed by atoms with E-state index in [0.29, 0.717) is 32.5 Å². The summed E-state index contributed by atoms with van der Waals surface area (Å²) in [6, 6.07) is -0.706. The highest BCUT2D eigenvalue weighted by atomic mass is 32.2. The Balaban J connectivity index is 1.94. The van der Waals surface area contributed by atoms with E-state index in [1.54, 1.807) is 0 Å². The molecule has 1 saturated heterocycles. The maximum absolute atomic E-state index is 11.9. The first-order chi connectivity index (χ1) is 16.4. The number of unbranched alkanes of at least 4 members (excludes halogenated alkanes) is 6. The summed E-state index contributed by atoms with van der Waals surface area (Å²) in [5.41, 5.74) is 12.5. The normalized spacial score (nSPS) is 24.7. The largest absolute Gasteiger partial charge is 0.394 e. The number of hydrogen-bond donors (Lipinski definition) is 6. The zero-order chi connectivity index (χ0) is 25.2. The predicted molar refractivity (Wildman–Crippen MR) is 133 cm³/mol. The standard InChI is InChI=1S/C23H45N4O6S/c24-12-6-1-4-10-18(29)26-13-7-2-5-11-19(30)27-14-8-3-9-15-34-23-20(25)22(32)21(31)17(16-28)33-23/h17,20-24,28,31-32H,1-16,25H2,(H,26,29)(H,27,30)/t17?,20?,21-,22?,23-/m0/s1. The molecule has 10 nitrogen and oxygen atoms in total. The van der Waals surface area contributed by atoms with Gasteiger partial charge in [0.15, 0.2) is 0 Å². The maximum Gasteiger partial charge on any atom is 0.219 e. The van der Waals surface area contributed by atoms with Gasteiger partial charge in [0.2, 0.25) is 11.8 Å². The molecule has 11 heteroatoms. The van der Waals surface area contributed by atoms with Crippen LogP contribution < -0.4 is 22.1 Å². The van der Waals surface area contributed by atoms with Gasteiger partial charge in [0, 0.05) is 32.5 Å². The van der Waals surface area contributed by atoms with Crippen LogP contribution in [0.2, 0.25) is 0 Å². The van der Waals surface area contributed by atoms with Crippen molar-refractivity contribution in [3.8, 4) is 0 Å². The fourth-order valence-corrected chi connectivity index (χ4v) is 4.87. The highest BCUT2D eigenvalue weighted by Gasteiger charge is 2.42. The molecule has 34 heavy (non-hydrogen) atoms. The summed E-state index contributed by atoms with van der Waals surface area (Å²) in [7, 11) is 0. The molecule has 1 fully saturated rings. The van der Waals surface area contributed by atoms with Crippen LogP contribution in [0.25, 0.3) is 0 Å². The van der Waals surface area contributed by atoms with Crippen molar-refractivity contribution in [2.75, 3.05) is 32.0 Å². The third-order valence-corrected chi connectivity index (χ3v) is 7.12. The van der Waals surface area contributed by atoms with E-state index in [2.05, 4.69) is 10.6 Å². The van der Waals surface area contributed by atoms with E-state index in [-0.39, 0.29) is 18.4 Å². The Morgan fingerprint density at radius 1 is 0.853 bits per heavy atom. The first kappa shape index (κ1) is 31.1. The summed E-state index contributed by atoms with van der Waals surface area (Å²) in [4.78, 5) is 23.6. The minimum absolute atomic E-state index is 0.0528. The molecule has 0 aromatic rings. The van der Waals surface area contributed by atoms with Gasteiger partial charge in [-0.1, -0.05) is 19.3 Å². The van der Waals surface area contributed by atoms with E-state index >= 15 is 0 Å². The number of carbonyl (C=O) groups excluding carboxylic acids is 2. The maximum atomic E-state index is 11.9. The zero-order valence-electron chi connectivity index (χ0n) is 20.3. The smallest absolute Gasteiger partial charge is 0.219 e. The lowest BCUT2D eigenvalue weighted by atomic mass is 9.99. The number of aliphatic hydroxyl groups excluding tert-OH is 3. The molecule has 0 aliphatic carbocycles. The Hall–Kier alpha value is -0.950. The molecule has 1 aliphatic rings. The van der Waals surface area contributed by atoms with Gasteiger partial charge in [-0.05, 0) is 44.3 Å². The van der Waals surface area contributed by atoms with Crippen molar-refractivity contribution in [1.82, 2.24) is 16.4 Å². The molecule has 0 bridgehead atoms. The van der Waals surface area contributed by atoms with Crippen molar-refractivity contribution in [1.29, 1.82) is 0 Å². The first-order valence-electron chi connectivity index (χ1n) is 12.6. The molecule has 0 aromatic carbocycles. The second kappa shape index (κ2) is 19.3. The molecule has 0 aromatic heterocycles. The third-order valence-electron chi connectivity index (χ3n) is 5.84. The van der Waals surface area contributed by atoms with E-state index in [1.807, 2.05) is 0 Å². The van der Waals surface area contributed by atoms with Gasteiger partial charge in [0.25, 0.3) is 0 Å². The van der Waals surface area contributed by atoms with Crippen LogP contribution in [0.1, 0.15) is 70.6 Å². The molecule has 1 aliphatic heterocycles. The Morgan fingerprint density at radius 3 is 1.97 bits per heavy atom. The molecular formula is C23H45N4O6S. The Bertz CT molecular complexity index is 558.